The number of hydrogen-bond acceptors (Lipinski definition) is 20. The molecule has 5 aliphatic rings. The van der Waals surface area contributed by atoms with Crippen LogP contribution in [0.4, 0.5) is 13.2 Å². The van der Waals surface area contributed by atoms with Gasteiger partial charge in [0, 0.05) is 114 Å². The average Bonchev–Trinajstić information content (AvgIpc) is 1.70. The van der Waals surface area contributed by atoms with Gasteiger partial charge in [-0.1, -0.05) is 190 Å². The van der Waals surface area contributed by atoms with E-state index in [4.69, 9.17) is 86.5 Å². The predicted octanol–water partition coefficient (Wildman–Crippen LogP) is 19.7. The van der Waals surface area contributed by atoms with Crippen molar-refractivity contribution in [2.45, 2.75) is 171 Å². The third-order valence-corrected chi connectivity index (χ3v) is 31.3. The first kappa shape index (κ1) is 108. The molecule has 0 fully saturated rings. The van der Waals surface area contributed by atoms with Crippen LogP contribution in [-0.4, -0.2) is 99.1 Å². The molecule has 0 saturated carbocycles. The van der Waals surface area contributed by atoms with E-state index in [1.165, 1.54) is 49.8 Å². The first-order valence-corrected chi connectivity index (χ1v) is 50.9. The number of amides is 5. The Morgan fingerprint density at radius 3 is 0.777 bits per heavy atom. The number of aliphatic imine (C=N–C) groups is 2. The number of hydrogen-bond donors (Lipinski definition) is 12. The highest BCUT2D eigenvalue weighted by Crippen LogP contribution is 2.39. The molecule has 10 aromatic rings. The maximum atomic E-state index is 13.8. The van der Waals surface area contributed by atoms with Crippen LogP contribution in [-0.2, 0) is 56.1 Å². The number of carbonyl (C=O) groups is 5. The SMILES string of the molecule is CCc1sc(C(CN)NC(=O)C2=CC=C(c3ccc(C)c(F)c3)C2)nc1C.CCc1sc(C(CN)NC(=O)C2=CC=C(c3ccc(Cl)c(F)c3)C2)nc1C.CCc1sc(C(CN)NC(=O)C2=CC=C(c3ccc(Cl)cc3)C2)nc1C.CCc1sc(C(CN=C(N)N)NC(=O)C2=CC=C(c3ccc(Cl)c(F)c3)C2)nc1C.CCc1sc(C(CN=C(N)N)NC(=O)C2=CC=C(c3ccc(Cl)cc3)C2)nc1C. The topological polar surface area (TPSA) is 417 Å². The molecule has 0 bridgehead atoms. The molecule has 5 unspecified atom stereocenters. The summed E-state index contributed by atoms with van der Waals surface area (Å²) in [5.41, 5.74) is 57.5. The van der Waals surface area contributed by atoms with Gasteiger partial charge in [0.25, 0.3) is 0 Å². The second-order valence-corrected chi connectivity index (χ2v) is 40.2. The molecular weight excluding hydrogens is 1940 g/mol. The molecule has 139 heavy (non-hydrogen) atoms. The Bertz CT molecular complexity index is 6430. The fraction of sp³-hybridized carbons (Fsp3) is 0.301. The van der Waals surface area contributed by atoms with Crippen LogP contribution in [0.15, 0.2) is 202 Å². The lowest BCUT2D eigenvalue weighted by atomic mass is 10.0. The largest absolute Gasteiger partial charge is 0.370 e. The maximum absolute atomic E-state index is 13.8. The Morgan fingerprint density at radius 1 is 0.331 bits per heavy atom. The minimum absolute atomic E-state index is 0.0139. The van der Waals surface area contributed by atoms with Crippen molar-refractivity contribution in [3.8, 4) is 0 Å². The summed E-state index contributed by atoms with van der Waals surface area (Å²) in [7, 11) is 0. The molecule has 0 aliphatic heterocycles. The van der Waals surface area contributed by atoms with Gasteiger partial charge in [0.1, 0.15) is 54.6 Å². The van der Waals surface area contributed by atoms with Crippen LogP contribution in [0.3, 0.4) is 0 Å². The third kappa shape index (κ3) is 29.3. The molecule has 36 heteroatoms. The summed E-state index contributed by atoms with van der Waals surface area (Å²) in [4.78, 5) is 101. The zero-order chi connectivity index (χ0) is 101. The lowest BCUT2D eigenvalue weighted by molar-refractivity contribution is -0.119. The highest BCUT2D eigenvalue weighted by molar-refractivity contribution is 7.13. The molecule has 730 valence electrons. The van der Waals surface area contributed by atoms with E-state index in [9.17, 15) is 37.1 Å². The molecule has 5 aromatic heterocycles. The summed E-state index contributed by atoms with van der Waals surface area (Å²) in [5.74, 6) is -2.08. The summed E-state index contributed by atoms with van der Waals surface area (Å²) in [5, 5.41) is 20.7. The monoisotopic (exact) mass is 2050 g/mol. The van der Waals surface area contributed by atoms with Crippen molar-refractivity contribution < 1.29 is 37.1 Å². The molecule has 0 saturated heterocycles. The Balaban J connectivity index is 0.000000167. The zero-order valence-corrected chi connectivity index (χ0v) is 86.1. The van der Waals surface area contributed by atoms with Gasteiger partial charge < -0.3 is 66.7 Å². The van der Waals surface area contributed by atoms with Crippen molar-refractivity contribution in [2.24, 2.45) is 50.1 Å². The lowest BCUT2D eigenvalue weighted by Crippen LogP contribution is -2.34. The number of allylic oxidation sites excluding steroid dienone is 15. The number of aromatic nitrogens is 5. The van der Waals surface area contributed by atoms with Gasteiger partial charge in [0.2, 0.25) is 29.5 Å². The third-order valence-electron chi connectivity index (χ3n) is 23.1. The van der Waals surface area contributed by atoms with E-state index in [-0.39, 0.29) is 101 Å². The number of aryl methyl sites for hydroxylation is 11. The predicted molar refractivity (Wildman–Crippen MR) is 564 cm³/mol. The van der Waals surface area contributed by atoms with Gasteiger partial charge in [-0.2, -0.15) is 0 Å². The number of benzene rings is 5. The second kappa shape index (κ2) is 51.0. The fourth-order valence-electron chi connectivity index (χ4n) is 15.2. The quantitative estimate of drug-likeness (QED) is 0.0138. The summed E-state index contributed by atoms with van der Waals surface area (Å²) >= 11 is 31.3. The van der Waals surface area contributed by atoms with E-state index >= 15 is 0 Å². The molecular formula is C103H114Cl4F3N19O5S5. The Kier molecular flexibility index (Phi) is 39.5. The zero-order valence-electron chi connectivity index (χ0n) is 79.0. The molecule has 5 amide bonds. The van der Waals surface area contributed by atoms with Gasteiger partial charge in [-0.25, -0.2) is 38.1 Å². The van der Waals surface area contributed by atoms with Gasteiger partial charge in [0.15, 0.2) is 11.9 Å². The summed E-state index contributed by atoms with van der Waals surface area (Å²) in [6.45, 7) is 23.3. The molecule has 24 nitrogen and oxygen atoms in total. The van der Waals surface area contributed by atoms with Crippen LogP contribution in [0.2, 0.25) is 20.1 Å². The highest BCUT2D eigenvalue weighted by atomic mass is 35.5. The standard InChI is InChI=1S/C21H23ClFN5OS.C21H24ClN5OS.C21H24FN3OS.C20H21ClFN3OS.C20H22ClN3OS/c1-3-18-11(2)27-20(30-18)17(10-26-21(24)25)28-19(29)14-5-4-12(8-14)13-6-7-15(22)16(23)9-13;1-3-18-12(2)26-20(29-18)17(11-25-21(23)24)27-19(28)15-5-4-14(10-15)13-6-8-16(22)9-7-13;1-4-19-13(3)24-21(27-19)18(11-23)25-20(26)16-8-7-14(9-16)15-6-5-12(2)17(22)10-15;1-3-18-11(2)24-20(27-18)17(10-23)25-19(26)14-5-4-12(8-14)13-6-7-15(21)16(22)9-13;1-3-18-12(2)23-20(26-18)17(11-22)24-19(25)15-5-4-14(10-15)13-6-8-16(21)9-7-13/h4-7,9,17H,3,8,10H2,1-2H3,(H,28,29)(H4,24,25,26);4-9,17H,3,10-11H2,1-2H3,(H,27,28)(H4,23,24,25);5-8,10,18H,4,9,11,23H2,1-3H3,(H,25,26);4-7,9,17H,3,8,10,23H2,1-2H3,(H,25,26);4-9,17H,3,10-11,22H2,1-2H3,(H,24,25). The first-order chi connectivity index (χ1) is 66.5. The van der Waals surface area contributed by atoms with Crippen molar-refractivity contribution >= 4 is 172 Å². The summed E-state index contributed by atoms with van der Waals surface area (Å²) in [6, 6.07) is 28.0. The number of nitrogens with two attached hydrogens (primary N) is 7. The van der Waals surface area contributed by atoms with Crippen molar-refractivity contribution in [3.05, 3.63) is 341 Å². The van der Waals surface area contributed by atoms with Crippen molar-refractivity contribution in [3.63, 3.8) is 0 Å². The van der Waals surface area contributed by atoms with Crippen LogP contribution in [0, 0.1) is 59.0 Å². The highest BCUT2D eigenvalue weighted by Gasteiger charge is 2.31. The molecule has 0 radical (unpaired) electrons. The van der Waals surface area contributed by atoms with E-state index in [2.05, 4.69) is 96.1 Å². The molecule has 5 heterocycles. The van der Waals surface area contributed by atoms with E-state index in [0.29, 0.717) is 88.7 Å². The van der Waals surface area contributed by atoms with Crippen LogP contribution >= 0.6 is 103 Å². The number of guanidine groups is 2. The first-order valence-electron chi connectivity index (χ1n) is 45.3. The number of thiazole rings is 5. The van der Waals surface area contributed by atoms with Gasteiger partial charge in [-0.15, -0.1) is 56.7 Å². The van der Waals surface area contributed by atoms with Gasteiger partial charge in [-0.05, 0) is 189 Å². The van der Waals surface area contributed by atoms with Gasteiger partial charge in [-0.3, -0.25) is 34.0 Å². The molecule has 0 spiro atoms. The normalized spacial score (nSPS) is 14.5. The van der Waals surface area contributed by atoms with Crippen molar-refractivity contribution in [1.29, 1.82) is 0 Å². The van der Waals surface area contributed by atoms with Crippen molar-refractivity contribution in [2.75, 3.05) is 32.7 Å². The maximum Gasteiger partial charge on any atom is 0.248 e. The number of halogens is 7. The minimum atomic E-state index is -0.490. The number of nitrogens with zero attached hydrogens (tertiary/aromatic N) is 7. The van der Waals surface area contributed by atoms with E-state index < -0.39 is 17.7 Å². The van der Waals surface area contributed by atoms with E-state index in [1.54, 1.807) is 100 Å². The number of rotatable bonds is 32. The summed E-state index contributed by atoms with van der Waals surface area (Å²) in [6.07, 6.45) is 25.4. The molecule has 19 N–H and O–H groups in total. The van der Waals surface area contributed by atoms with E-state index in [0.717, 1.165) is 146 Å². The van der Waals surface area contributed by atoms with Crippen LogP contribution < -0.4 is 66.7 Å². The minimum Gasteiger partial charge on any atom is -0.370 e. The Morgan fingerprint density at radius 2 is 0.554 bits per heavy atom. The van der Waals surface area contributed by atoms with Crippen LogP contribution in [0.5, 0.6) is 0 Å². The second-order valence-electron chi connectivity index (χ2n) is 33.0. The Labute approximate surface area is 848 Å². The molecule has 5 atom stereocenters. The Hall–Kier alpha value is -11.6. The number of carbonyl (C=O) groups excluding carboxylic acids is 5. The smallest absolute Gasteiger partial charge is 0.248 e. The molecule has 5 aromatic carbocycles. The average molecular weight is 2060 g/mol. The molecule has 15 rings (SSSR count). The molecule has 5 aliphatic carbocycles. The number of nitrogens with one attached hydrogen (secondary N) is 5. The fourth-order valence-corrected chi connectivity index (χ4v) is 21.0. The van der Waals surface area contributed by atoms with E-state index in [1.807, 2.05) is 132 Å². The van der Waals surface area contributed by atoms with Gasteiger partial charge >= 0.3 is 0 Å². The van der Waals surface area contributed by atoms with Crippen molar-refractivity contribution in [1.82, 2.24) is 51.5 Å². The van der Waals surface area contributed by atoms with Crippen LogP contribution in [0.1, 0.15) is 208 Å². The summed E-state index contributed by atoms with van der Waals surface area (Å²) < 4.78 is 41.3. The lowest BCUT2D eigenvalue weighted by Gasteiger charge is -2.15. The van der Waals surface area contributed by atoms with Crippen LogP contribution in [0.25, 0.3) is 27.9 Å². The van der Waals surface area contributed by atoms with Gasteiger partial charge in [0.05, 0.1) is 69.7 Å².